The number of nitrogens with zero attached hydrogens (tertiary/aromatic N) is 2. The minimum atomic E-state index is -0.258. The number of hydrogen-bond donors (Lipinski definition) is 0. The number of fused-ring (bicyclic) bond motifs is 1. The van der Waals surface area contributed by atoms with Gasteiger partial charge in [0.15, 0.2) is 0 Å². The van der Waals surface area contributed by atoms with Crippen LogP contribution in [0.5, 0.6) is 5.75 Å². The quantitative estimate of drug-likeness (QED) is 0.825. The van der Waals surface area contributed by atoms with Crippen LogP contribution in [0.3, 0.4) is 0 Å². The van der Waals surface area contributed by atoms with E-state index in [1.165, 1.54) is 0 Å². The molecule has 5 nitrogen and oxygen atoms in total. The van der Waals surface area contributed by atoms with Crippen LogP contribution in [0.1, 0.15) is 42.2 Å². The normalized spacial score (nSPS) is 23.5. The van der Waals surface area contributed by atoms with E-state index in [4.69, 9.17) is 14.6 Å². The van der Waals surface area contributed by atoms with Gasteiger partial charge in [0.05, 0.1) is 25.4 Å². The SMILES string of the molecule is COc1ccc(C2C3COC(C)(C)CC3=NN2C(=O)c2ccccc2)cc1. The molecule has 4 rings (SSSR count). The second-order valence-corrected chi connectivity index (χ2v) is 7.68. The molecule has 0 radical (unpaired) electrons. The van der Waals surface area contributed by atoms with Gasteiger partial charge in [-0.05, 0) is 43.7 Å². The third-order valence-corrected chi connectivity index (χ3v) is 5.26. The molecule has 1 fully saturated rings. The Morgan fingerprint density at radius 2 is 1.85 bits per heavy atom. The van der Waals surface area contributed by atoms with Gasteiger partial charge >= 0.3 is 0 Å². The van der Waals surface area contributed by atoms with Crippen LogP contribution in [-0.4, -0.2) is 35.9 Å². The van der Waals surface area contributed by atoms with E-state index in [1.807, 2.05) is 54.6 Å². The summed E-state index contributed by atoms with van der Waals surface area (Å²) in [5, 5.41) is 6.41. The maximum atomic E-state index is 13.2. The molecule has 2 aromatic carbocycles. The van der Waals surface area contributed by atoms with Gasteiger partial charge in [0.25, 0.3) is 5.91 Å². The van der Waals surface area contributed by atoms with Crippen molar-refractivity contribution in [3.63, 3.8) is 0 Å². The Hall–Kier alpha value is -2.66. The van der Waals surface area contributed by atoms with E-state index < -0.39 is 0 Å². The molecular formula is C22H24N2O3. The van der Waals surface area contributed by atoms with Crippen molar-refractivity contribution in [3.8, 4) is 5.75 Å². The molecule has 0 saturated carbocycles. The minimum Gasteiger partial charge on any atom is -0.497 e. The molecule has 0 aliphatic carbocycles. The molecule has 1 amide bonds. The number of carbonyl (C=O) groups excluding carboxylic acids is 1. The van der Waals surface area contributed by atoms with Crippen LogP contribution in [0, 0.1) is 5.92 Å². The van der Waals surface area contributed by atoms with E-state index in [0.717, 1.165) is 23.4 Å². The third-order valence-electron chi connectivity index (χ3n) is 5.26. The first kappa shape index (κ1) is 17.7. The van der Waals surface area contributed by atoms with Crippen molar-refractivity contribution in [2.45, 2.75) is 31.9 Å². The summed E-state index contributed by atoms with van der Waals surface area (Å²) in [6.45, 7) is 4.69. The molecule has 2 aliphatic heterocycles. The van der Waals surface area contributed by atoms with Gasteiger partial charge < -0.3 is 9.47 Å². The van der Waals surface area contributed by atoms with E-state index in [0.29, 0.717) is 12.2 Å². The lowest BCUT2D eigenvalue weighted by molar-refractivity contribution is -0.0424. The van der Waals surface area contributed by atoms with Crippen LogP contribution in [0.4, 0.5) is 0 Å². The van der Waals surface area contributed by atoms with Gasteiger partial charge in [-0.1, -0.05) is 30.3 Å². The Morgan fingerprint density at radius 3 is 2.52 bits per heavy atom. The monoisotopic (exact) mass is 364 g/mol. The fraction of sp³-hybridized carbons (Fsp3) is 0.364. The van der Waals surface area contributed by atoms with Crippen LogP contribution >= 0.6 is 0 Å². The molecule has 0 aromatic heterocycles. The van der Waals surface area contributed by atoms with E-state index >= 15 is 0 Å². The maximum Gasteiger partial charge on any atom is 0.274 e. The van der Waals surface area contributed by atoms with E-state index in [9.17, 15) is 4.79 Å². The summed E-state index contributed by atoms with van der Waals surface area (Å²) in [5.74, 6) is 0.773. The van der Waals surface area contributed by atoms with Crippen molar-refractivity contribution in [1.29, 1.82) is 0 Å². The van der Waals surface area contributed by atoms with Crippen LogP contribution in [0.25, 0.3) is 0 Å². The lowest BCUT2D eigenvalue weighted by Gasteiger charge is -2.36. The first-order chi connectivity index (χ1) is 13.0. The number of ether oxygens (including phenoxy) is 2. The van der Waals surface area contributed by atoms with Crippen LogP contribution < -0.4 is 4.74 Å². The van der Waals surface area contributed by atoms with Gasteiger partial charge in [-0.15, -0.1) is 0 Å². The third kappa shape index (κ3) is 3.35. The van der Waals surface area contributed by atoms with Crippen molar-refractivity contribution >= 4 is 11.6 Å². The number of methoxy groups -OCH3 is 1. The molecule has 2 unspecified atom stereocenters. The smallest absolute Gasteiger partial charge is 0.274 e. The number of hydrazone groups is 1. The van der Waals surface area contributed by atoms with Gasteiger partial charge in [0, 0.05) is 23.6 Å². The number of carbonyl (C=O) groups is 1. The highest BCUT2D eigenvalue weighted by Gasteiger charge is 2.46. The van der Waals surface area contributed by atoms with E-state index in [-0.39, 0.29) is 23.5 Å². The molecule has 5 heteroatoms. The zero-order chi connectivity index (χ0) is 19.0. The first-order valence-corrected chi connectivity index (χ1v) is 9.22. The Labute approximate surface area is 159 Å². The zero-order valence-corrected chi connectivity index (χ0v) is 15.9. The molecular weight excluding hydrogens is 340 g/mol. The summed E-state index contributed by atoms with van der Waals surface area (Å²) < 4.78 is 11.3. The van der Waals surface area contributed by atoms with Crippen LogP contribution in [0.15, 0.2) is 59.7 Å². The average molecular weight is 364 g/mol. The molecule has 2 heterocycles. The summed E-state index contributed by atoms with van der Waals surface area (Å²) in [6.07, 6.45) is 0.725. The second kappa shape index (κ2) is 6.82. The molecule has 0 bridgehead atoms. The Morgan fingerprint density at radius 1 is 1.15 bits per heavy atom. The van der Waals surface area contributed by atoms with Crippen molar-refractivity contribution in [1.82, 2.24) is 5.01 Å². The minimum absolute atomic E-state index is 0.0686. The molecule has 0 spiro atoms. The number of rotatable bonds is 3. The van der Waals surface area contributed by atoms with Gasteiger partial charge in [0.2, 0.25) is 0 Å². The standard InChI is InChI=1S/C22H24N2O3/c1-22(2)13-19-18(14-27-22)20(15-9-11-17(26-3)12-10-15)24(23-19)21(25)16-7-5-4-6-8-16/h4-12,18,20H,13-14H2,1-3H3. The summed E-state index contributed by atoms with van der Waals surface area (Å²) in [7, 11) is 1.65. The van der Waals surface area contributed by atoms with Crippen molar-refractivity contribution < 1.29 is 14.3 Å². The highest BCUT2D eigenvalue weighted by molar-refractivity contribution is 5.99. The number of amides is 1. The summed E-state index contributed by atoms with van der Waals surface area (Å²) in [5.41, 5.74) is 2.45. The molecule has 27 heavy (non-hydrogen) atoms. The Kier molecular flexibility index (Phi) is 4.48. The molecule has 2 aromatic rings. The summed E-state index contributed by atoms with van der Waals surface area (Å²) in [4.78, 5) is 13.2. The first-order valence-electron chi connectivity index (χ1n) is 9.22. The van der Waals surface area contributed by atoms with Gasteiger partial charge in [-0.3, -0.25) is 4.79 Å². The molecule has 140 valence electrons. The lowest BCUT2D eigenvalue weighted by Crippen LogP contribution is -2.41. The Bertz CT molecular complexity index is 859. The predicted molar refractivity (Wildman–Crippen MR) is 104 cm³/mol. The zero-order valence-electron chi connectivity index (χ0n) is 15.9. The largest absolute Gasteiger partial charge is 0.497 e. The maximum absolute atomic E-state index is 13.2. The van der Waals surface area contributed by atoms with E-state index in [2.05, 4.69) is 13.8 Å². The second-order valence-electron chi connectivity index (χ2n) is 7.68. The number of benzene rings is 2. The molecule has 0 N–H and O–H groups in total. The van der Waals surface area contributed by atoms with Gasteiger partial charge in [-0.25, -0.2) is 5.01 Å². The molecule has 2 aliphatic rings. The van der Waals surface area contributed by atoms with Gasteiger partial charge in [-0.2, -0.15) is 5.10 Å². The fourth-order valence-corrected chi connectivity index (χ4v) is 3.84. The average Bonchev–Trinajstić information content (AvgIpc) is 3.05. The fourth-order valence-electron chi connectivity index (χ4n) is 3.84. The summed E-state index contributed by atoms with van der Waals surface area (Å²) in [6, 6.07) is 17.0. The lowest BCUT2D eigenvalue weighted by atomic mass is 9.83. The van der Waals surface area contributed by atoms with Crippen molar-refractivity contribution in [2.75, 3.05) is 13.7 Å². The van der Waals surface area contributed by atoms with Crippen molar-refractivity contribution in [2.24, 2.45) is 11.0 Å². The predicted octanol–water partition coefficient (Wildman–Crippen LogP) is 4.06. The van der Waals surface area contributed by atoms with Crippen LogP contribution in [0.2, 0.25) is 0 Å². The van der Waals surface area contributed by atoms with Gasteiger partial charge in [0.1, 0.15) is 5.75 Å². The molecule has 1 saturated heterocycles. The highest BCUT2D eigenvalue weighted by Crippen LogP contribution is 2.42. The highest BCUT2D eigenvalue weighted by atomic mass is 16.5. The Balaban J connectivity index is 1.72. The summed E-state index contributed by atoms with van der Waals surface area (Å²) >= 11 is 0. The van der Waals surface area contributed by atoms with Crippen molar-refractivity contribution in [3.05, 3.63) is 65.7 Å². The van der Waals surface area contributed by atoms with E-state index in [1.54, 1.807) is 12.1 Å². The van der Waals surface area contributed by atoms with Crippen LogP contribution in [-0.2, 0) is 4.74 Å². The number of hydrogen-bond acceptors (Lipinski definition) is 4. The molecule has 2 atom stereocenters. The topological polar surface area (TPSA) is 51.1 Å².